The molecule has 1 N–H and O–H groups in total. The topological polar surface area (TPSA) is 94.1 Å². The molecule has 150 valence electrons. The molecule has 1 atom stereocenters. The Kier molecular flexibility index (Phi) is 5.63. The maximum Gasteiger partial charge on any atom is 0.270 e. The molecule has 0 aliphatic rings. The molecule has 0 amide bonds. The van der Waals surface area contributed by atoms with E-state index in [9.17, 15) is 10.1 Å². The van der Waals surface area contributed by atoms with Crippen molar-refractivity contribution in [1.29, 1.82) is 0 Å². The lowest BCUT2D eigenvalue weighted by Gasteiger charge is -2.19. The van der Waals surface area contributed by atoms with Crippen molar-refractivity contribution in [2.45, 2.75) is 19.5 Å². The minimum absolute atomic E-state index is 0.0134. The minimum atomic E-state index is -0.446. The van der Waals surface area contributed by atoms with Gasteiger partial charge >= 0.3 is 0 Å². The molecule has 0 fully saturated rings. The van der Waals surface area contributed by atoms with Crippen molar-refractivity contribution < 1.29 is 9.45 Å². The molecule has 0 aliphatic carbocycles. The van der Waals surface area contributed by atoms with Crippen LogP contribution in [0.3, 0.4) is 0 Å². The summed E-state index contributed by atoms with van der Waals surface area (Å²) in [7, 11) is 0. The Labute approximate surface area is 173 Å². The highest BCUT2D eigenvalue weighted by molar-refractivity contribution is 5.58. The first-order valence-corrected chi connectivity index (χ1v) is 9.52. The maximum absolute atomic E-state index is 11.0. The Hall–Kier alpha value is -3.84. The smallest absolute Gasteiger partial charge is 0.270 e. The van der Waals surface area contributed by atoms with E-state index in [0.717, 1.165) is 11.1 Å². The van der Waals surface area contributed by atoms with E-state index < -0.39 is 4.92 Å². The van der Waals surface area contributed by atoms with Crippen LogP contribution in [-0.2, 0) is 6.54 Å². The van der Waals surface area contributed by atoms with Gasteiger partial charge in [0.05, 0.1) is 17.5 Å². The SMILES string of the molecule is Cc1ccc([C@@H](NCc2nc(-c3cccc([N+](=O)[O-])c3)no2)c2ccccc2)cc1. The molecule has 30 heavy (non-hydrogen) atoms. The van der Waals surface area contributed by atoms with Crippen LogP contribution in [0.4, 0.5) is 5.69 Å². The Balaban J connectivity index is 1.54. The zero-order valence-corrected chi connectivity index (χ0v) is 16.4. The van der Waals surface area contributed by atoms with Crippen LogP contribution in [-0.4, -0.2) is 15.1 Å². The fourth-order valence-corrected chi connectivity index (χ4v) is 3.22. The number of nitro groups is 1. The molecule has 1 aromatic heterocycles. The Morgan fingerprint density at radius 2 is 1.73 bits per heavy atom. The zero-order valence-electron chi connectivity index (χ0n) is 16.4. The van der Waals surface area contributed by atoms with Gasteiger partial charge in [0.1, 0.15) is 0 Å². The second kappa shape index (κ2) is 8.67. The fourth-order valence-electron chi connectivity index (χ4n) is 3.22. The first kappa shape index (κ1) is 19.5. The number of non-ortho nitro benzene ring substituents is 1. The molecule has 0 radical (unpaired) electrons. The third kappa shape index (κ3) is 4.42. The average Bonchev–Trinajstić information content (AvgIpc) is 3.25. The molecule has 0 saturated carbocycles. The molecule has 7 heteroatoms. The van der Waals surface area contributed by atoms with E-state index in [1.54, 1.807) is 12.1 Å². The number of nitrogens with zero attached hydrogens (tertiary/aromatic N) is 3. The predicted molar refractivity (Wildman–Crippen MR) is 113 cm³/mol. The number of nitro benzene ring substituents is 1. The average molecular weight is 400 g/mol. The number of benzene rings is 3. The van der Waals surface area contributed by atoms with Crippen molar-refractivity contribution in [3.63, 3.8) is 0 Å². The van der Waals surface area contributed by atoms with Crippen molar-refractivity contribution in [1.82, 2.24) is 15.5 Å². The number of aromatic nitrogens is 2. The minimum Gasteiger partial charge on any atom is -0.338 e. The number of nitrogens with one attached hydrogen (secondary N) is 1. The van der Waals surface area contributed by atoms with Crippen LogP contribution in [0.25, 0.3) is 11.4 Å². The molecule has 7 nitrogen and oxygen atoms in total. The molecule has 4 rings (SSSR count). The van der Waals surface area contributed by atoms with Gasteiger partial charge in [-0.25, -0.2) is 0 Å². The first-order valence-electron chi connectivity index (χ1n) is 9.52. The number of aryl methyl sites for hydroxylation is 1. The number of hydrogen-bond donors (Lipinski definition) is 1. The van der Waals surface area contributed by atoms with Gasteiger partial charge in [0, 0.05) is 17.7 Å². The third-order valence-electron chi connectivity index (χ3n) is 4.78. The summed E-state index contributed by atoms with van der Waals surface area (Å²) in [5, 5.41) is 18.4. The first-order chi connectivity index (χ1) is 14.6. The molecule has 0 saturated heterocycles. The highest BCUT2D eigenvalue weighted by atomic mass is 16.6. The summed E-state index contributed by atoms with van der Waals surface area (Å²) in [4.78, 5) is 14.9. The van der Waals surface area contributed by atoms with Gasteiger partial charge in [-0.15, -0.1) is 0 Å². The Bertz CT molecular complexity index is 1140. The summed E-state index contributed by atoms with van der Waals surface area (Å²) in [6.07, 6.45) is 0. The summed E-state index contributed by atoms with van der Waals surface area (Å²) in [6, 6.07) is 24.6. The summed E-state index contributed by atoms with van der Waals surface area (Å²) < 4.78 is 5.37. The van der Waals surface area contributed by atoms with Gasteiger partial charge < -0.3 is 4.52 Å². The lowest BCUT2D eigenvalue weighted by Crippen LogP contribution is -2.22. The van der Waals surface area contributed by atoms with E-state index in [-0.39, 0.29) is 11.7 Å². The molecule has 0 aliphatic heterocycles. The van der Waals surface area contributed by atoms with Crippen LogP contribution >= 0.6 is 0 Å². The standard InChI is InChI=1S/C23H20N4O3/c1-16-10-12-18(13-11-16)22(17-6-3-2-4-7-17)24-15-21-25-23(26-30-21)19-8-5-9-20(14-19)27(28)29/h2-14,22,24H,15H2,1H3/t22-/m0/s1. The van der Waals surface area contributed by atoms with Gasteiger partial charge in [0.25, 0.3) is 5.69 Å². The van der Waals surface area contributed by atoms with Crippen LogP contribution in [0.15, 0.2) is 83.4 Å². The van der Waals surface area contributed by atoms with E-state index in [1.165, 1.54) is 17.7 Å². The Morgan fingerprint density at radius 1 is 1.00 bits per heavy atom. The van der Waals surface area contributed by atoms with E-state index in [1.807, 2.05) is 18.2 Å². The van der Waals surface area contributed by atoms with Gasteiger partial charge in [-0.2, -0.15) is 4.98 Å². The number of hydrogen-bond acceptors (Lipinski definition) is 6. The Morgan fingerprint density at radius 3 is 2.47 bits per heavy atom. The normalized spacial score (nSPS) is 11.9. The largest absolute Gasteiger partial charge is 0.338 e. The molecule has 3 aromatic carbocycles. The second-order valence-electron chi connectivity index (χ2n) is 6.95. The zero-order chi connectivity index (χ0) is 20.9. The van der Waals surface area contributed by atoms with E-state index in [4.69, 9.17) is 4.52 Å². The van der Waals surface area contributed by atoms with Crippen molar-refractivity contribution >= 4 is 5.69 Å². The highest BCUT2D eigenvalue weighted by Gasteiger charge is 2.17. The monoisotopic (exact) mass is 400 g/mol. The van der Waals surface area contributed by atoms with Crippen LogP contribution in [0.5, 0.6) is 0 Å². The molecular weight excluding hydrogens is 380 g/mol. The highest BCUT2D eigenvalue weighted by Crippen LogP contribution is 2.24. The van der Waals surface area contributed by atoms with Gasteiger partial charge in [0.15, 0.2) is 0 Å². The molecule has 1 heterocycles. The van der Waals surface area contributed by atoms with E-state index in [0.29, 0.717) is 23.8 Å². The van der Waals surface area contributed by atoms with E-state index >= 15 is 0 Å². The lowest BCUT2D eigenvalue weighted by molar-refractivity contribution is -0.384. The van der Waals surface area contributed by atoms with Crippen LogP contribution in [0.2, 0.25) is 0 Å². The molecule has 4 aromatic rings. The summed E-state index contributed by atoms with van der Waals surface area (Å²) in [6.45, 7) is 2.41. The second-order valence-corrected chi connectivity index (χ2v) is 6.95. The van der Waals surface area contributed by atoms with Crippen molar-refractivity contribution in [3.05, 3.63) is 112 Å². The molecule has 0 bridgehead atoms. The summed E-state index contributed by atoms with van der Waals surface area (Å²) in [5.74, 6) is 0.728. The van der Waals surface area contributed by atoms with Gasteiger partial charge in [-0.3, -0.25) is 15.4 Å². The van der Waals surface area contributed by atoms with Crippen molar-refractivity contribution in [2.75, 3.05) is 0 Å². The molecule has 0 unspecified atom stereocenters. The van der Waals surface area contributed by atoms with Crippen LogP contribution < -0.4 is 5.32 Å². The summed E-state index contributed by atoms with van der Waals surface area (Å²) in [5.41, 5.74) is 3.98. The van der Waals surface area contributed by atoms with E-state index in [2.05, 4.69) is 58.8 Å². The third-order valence-corrected chi connectivity index (χ3v) is 4.78. The van der Waals surface area contributed by atoms with Crippen molar-refractivity contribution in [3.8, 4) is 11.4 Å². The lowest BCUT2D eigenvalue weighted by atomic mass is 9.98. The molecular formula is C23H20N4O3. The predicted octanol–water partition coefficient (Wildman–Crippen LogP) is 4.83. The summed E-state index contributed by atoms with van der Waals surface area (Å²) >= 11 is 0. The molecule has 0 spiro atoms. The van der Waals surface area contributed by atoms with Crippen LogP contribution in [0.1, 0.15) is 28.6 Å². The maximum atomic E-state index is 11.0. The number of rotatable bonds is 7. The fraction of sp³-hybridized carbons (Fsp3) is 0.130. The van der Waals surface area contributed by atoms with Gasteiger partial charge in [-0.05, 0) is 18.1 Å². The van der Waals surface area contributed by atoms with Gasteiger partial charge in [-0.1, -0.05) is 77.5 Å². The van der Waals surface area contributed by atoms with Crippen molar-refractivity contribution in [2.24, 2.45) is 0 Å². The van der Waals surface area contributed by atoms with Crippen LogP contribution in [0, 0.1) is 17.0 Å². The van der Waals surface area contributed by atoms with Gasteiger partial charge in [0.2, 0.25) is 11.7 Å². The quantitative estimate of drug-likeness (QED) is 0.353.